The van der Waals surface area contributed by atoms with E-state index in [1.165, 1.54) is 0 Å². The van der Waals surface area contributed by atoms with E-state index in [1.807, 2.05) is 25.1 Å². The number of carbonyl (C=O) groups is 1. The normalized spacial score (nSPS) is 15.0. The number of hydrogen-bond donors (Lipinski definition) is 1. The van der Waals surface area contributed by atoms with Crippen LogP contribution in [0, 0.1) is 6.92 Å². The summed E-state index contributed by atoms with van der Waals surface area (Å²) in [5.74, 6) is 1.30. The average Bonchev–Trinajstić information content (AvgIpc) is 2.65. The summed E-state index contributed by atoms with van der Waals surface area (Å²) in [5.41, 5.74) is 1.94. The average molecular weight is 420 g/mol. The maximum Gasteiger partial charge on any atom is 0.238 e. The van der Waals surface area contributed by atoms with Crippen molar-refractivity contribution >= 4 is 33.3 Å². The van der Waals surface area contributed by atoms with Gasteiger partial charge in [0.25, 0.3) is 0 Å². The third-order valence-electron chi connectivity index (χ3n) is 4.27. The lowest BCUT2D eigenvalue weighted by atomic mass is 10.2. The number of anilines is 2. The fraction of sp³-hybridized carbons (Fsp3) is 0.389. The molecule has 3 rings (SSSR count). The standard InChI is InChI=1S/C18H22BrN5O2/c1-13-3-4-15(14(19)9-13)21-17(25)12-23-5-7-24(8-6-23)16-10-20-11-18(22-16)26-2/h3-4,9-11H,5-8,12H2,1-2H3,(H,21,25). The second-order valence-corrected chi connectivity index (χ2v) is 7.07. The molecule has 1 aromatic carbocycles. The molecule has 2 heterocycles. The maximum absolute atomic E-state index is 12.3. The fourth-order valence-corrected chi connectivity index (χ4v) is 3.43. The van der Waals surface area contributed by atoms with Crippen molar-refractivity contribution in [2.75, 3.05) is 50.1 Å². The monoisotopic (exact) mass is 419 g/mol. The Balaban J connectivity index is 1.51. The highest BCUT2D eigenvalue weighted by Gasteiger charge is 2.20. The van der Waals surface area contributed by atoms with E-state index in [4.69, 9.17) is 4.74 Å². The van der Waals surface area contributed by atoms with Crippen molar-refractivity contribution in [3.05, 3.63) is 40.6 Å². The first-order valence-electron chi connectivity index (χ1n) is 8.44. The Morgan fingerprint density at radius 1 is 1.27 bits per heavy atom. The van der Waals surface area contributed by atoms with Gasteiger partial charge in [-0.1, -0.05) is 6.07 Å². The lowest BCUT2D eigenvalue weighted by Crippen LogP contribution is -2.49. The quantitative estimate of drug-likeness (QED) is 0.801. The van der Waals surface area contributed by atoms with Crippen LogP contribution in [0.25, 0.3) is 0 Å². The molecule has 1 N–H and O–H groups in total. The molecular formula is C18H22BrN5O2. The Hall–Kier alpha value is -2.19. The smallest absolute Gasteiger partial charge is 0.238 e. The van der Waals surface area contributed by atoms with Gasteiger partial charge in [0.1, 0.15) is 0 Å². The van der Waals surface area contributed by atoms with Gasteiger partial charge in [-0.05, 0) is 40.5 Å². The predicted molar refractivity (Wildman–Crippen MR) is 105 cm³/mol. The lowest BCUT2D eigenvalue weighted by molar-refractivity contribution is -0.117. The first kappa shape index (κ1) is 18.6. The van der Waals surface area contributed by atoms with Crippen LogP contribution in [0.5, 0.6) is 5.88 Å². The molecular weight excluding hydrogens is 398 g/mol. The van der Waals surface area contributed by atoms with Crippen molar-refractivity contribution in [3.8, 4) is 5.88 Å². The predicted octanol–water partition coefficient (Wildman–Crippen LogP) is 2.32. The van der Waals surface area contributed by atoms with E-state index in [0.717, 1.165) is 47.7 Å². The Labute approximate surface area is 161 Å². The Morgan fingerprint density at radius 2 is 2.04 bits per heavy atom. The second-order valence-electron chi connectivity index (χ2n) is 6.21. The number of aromatic nitrogens is 2. The highest BCUT2D eigenvalue weighted by atomic mass is 79.9. The molecule has 138 valence electrons. The SMILES string of the molecule is COc1cncc(N2CCN(CC(=O)Nc3ccc(C)cc3Br)CC2)n1. The number of ether oxygens (including phenoxy) is 1. The van der Waals surface area contributed by atoms with Gasteiger partial charge in [0.2, 0.25) is 11.8 Å². The van der Waals surface area contributed by atoms with Gasteiger partial charge in [0.15, 0.2) is 5.82 Å². The maximum atomic E-state index is 12.3. The van der Waals surface area contributed by atoms with Crippen molar-refractivity contribution in [3.63, 3.8) is 0 Å². The molecule has 0 radical (unpaired) electrons. The highest BCUT2D eigenvalue weighted by molar-refractivity contribution is 9.10. The minimum absolute atomic E-state index is 0.0100. The molecule has 0 spiro atoms. The van der Waals surface area contributed by atoms with Gasteiger partial charge in [-0.2, -0.15) is 4.98 Å². The molecule has 8 heteroatoms. The van der Waals surface area contributed by atoms with E-state index in [1.54, 1.807) is 19.5 Å². The summed E-state index contributed by atoms with van der Waals surface area (Å²) in [6.07, 6.45) is 3.33. The zero-order valence-corrected chi connectivity index (χ0v) is 16.5. The highest BCUT2D eigenvalue weighted by Crippen LogP contribution is 2.23. The van der Waals surface area contributed by atoms with Crippen LogP contribution >= 0.6 is 15.9 Å². The molecule has 0 saturated carbocycles. The molecule has 0 bridgehead atoms. The summed E-state index contributed by atoms with van der Waals surface area (Å²) in [7, 11) is 1.58. The molecule has 0 unspecified atom stereocenters. The summed E-state index contributed by atoms with van der Waals surface area (Å²) < 4.78 is 6.02. The Morgan fingerprint density at radius 3 is 2.73 bits per heavy atom. The number of nitrogens with zero attached hydrogens (tertiary/aromatic N) is 4. The van der Waals surface area contributed by atoms with Crippen LogP contribution in [0.1, 0.15) is 5.56 Å². The van der Waals surface area contributed by atoms with E-state index < -0.39 is 0 Å². The summed E-state index contributed by atoms with van der Waals surface area (Å²) in [5, 5.41) is 2.96. The zero-order chi connectivity index (χ0) is 18.5. The first-order valence-corrected chi connectivity index (χ1v) is 9.24. The van der Waals surface area contributed by atoms with E-state index in [-0.39, 0.29) is 5.91 Å². The first-order chi connectivity index (χ1) is 12.5. The molecule has 1 amide bonds. The van der Waals surface area contributed by atoms with Crippen LogP contribution in [-0.2, 0) is 4.79 Å². The van der Waals surface area contributed by atoms with Crippen molar-refractivity contribution in [1.29, 1.82) is 0 Å². The van der Waals surface area contributed by atoms with Crippen LogP contribution in [0.3, 0.4) is 0 Å². The number of methoxy groups -OCH3 is 1. The number of piperazine rings is 1. The number of amides is 1. The molecule has 0 atom stereocenters. The van der Waals surface area contributed by atoms with Crippen molar-refractivity contribution in [1.82, 2.24) is 14.9 Å². The summed E-state index contributed by atoms with van der Waals surface area (Å²) in [6.45, 7) is 5.57. The summed E-state index contributed by atoms with van der Waals surface area (Å²) >= 11 is 3.49. The van der Waals surface area contributed by atoms with E-state index >= 15 is 0 Å². The van der Waals surface area contributed by atoms with Gasteiger partial charge in [-0.25, -0.2) is 0 Å². The molecule has 2 aromatic rings. The van der Waals surface area contributed by atoms with Crippen LogP contribution < -0.4 is 15.0 Å². The molecule has 7 nitrogen and oxygen atoms in total. The van der Waals surface area contributed by atoms with Crippen molar-refractivity contribution in [2.45, 2.75) is 6.92 Å². The minimum atomic E-state index is -0.0100. The number of carbonyl (C=O) groups excluding carboxylic acids is 1. The lowest BCUT2D eigenvalue weighted by Gasteiger charge is -2.34. The zero-order valence-electron chi connectivity index (χ0n) is 14.9. The fourth-order valence-electron chi connectivity index (χ4n) is 2.84. The molecule has 0 aliphatic carbocycles. The number of halogens is 1. The number of aryl methyl sites for hydroxylation is 1. The molecule has 1 saturated heterocycles. The van der Waals surface area contributed by atoms with Crippen LogP contribution in [-0.4, -0.2) is 60.6 Å². The molecule has 1 aliphatic rings. The van der Waals surface area contributed by atoms with Crippen LogP contribution in [0.2, 0.25) is 0 Å². The molecule has 1 aliphatic heterocycles. The van der Waals surface area contributed by atoms with E-state index in [9.17, 15) is 4.79 Å². The van der Waals surface area contributed by atoms with E-state index in [2.05, 4.69) is 41.0 Å². The summed E-state index contributed by atoms with van der Waals surface area (Å²) in [4.78, 5) is 25.2. The summed E-state index contributed by atoms with van der Waals surface area (Å²) in [6, 6.07) is 5.88. The largest absolute Gasteiger partial charge is 0.480 e. The van der Waals surface area contributed by atoms with Crippen LogP contribution in [0.4, 0.5) is 11.5 Å². The van der Waals surface area contributed by atoms with Gasteiger partial charge in [-0.15, -0.1) is 0 Å². The number of benzene rings is 1. The molecule has 1 aromatic heterocycles. The Bertz CT molecular complexity index is 778. The second kappa shape index (κ2) is 8.46. The number of nitrogens with one attached hydrogen (secondary N) is 1. The number of hydrogen-bond acceptors (Lipinski definition) is 6. The van der Waals surface area contributed by atoms with Crippen LogP contribution in [0.15, 0.2) is 35.1 Å². The van der Waals surface area contributed by atoms with Crippen molar-refractivity contribution in [2.24, 2.45) is 0 Å². The molecule has 26 heavy (non-hydrogen) atoms. The third kappa shape index (κ3) is 4.70. The van der Waals surface area contributed by atoms with Gasteiger partial charge < -0.3 is 15.0 Å². The van der Waals surface area contributed by atoms with E-state index in [0.29, 0.717) is 12.4 Å². The van der Waals surface area contributed by atoms with Crippen molar-refractivity contribution < 1.29 is 9.53 Å². The third-order valence-corrected chi connectivity index (χ3v) is 4.93. The van der Waals surface area contributed by atoms with Gasteiger partial charge in [0, 0.05) is 30.7 Å². The topological polar surface area (TPSA) is 70.6 Å². The Kier molecular flexibility index (Phi) is 6.05. The minimum Gasteiger partial charge on any atom is -0.480 e. The van der Waals surface area contributed by atoms with Gasteiger partial charge >= 0.3 is 0 Å². The van der Waals surface area contributed by atoms with Gasteiger partial charge in [-0.3, -0.25) is 14.7 Å². The van der Waals surface area contributed by atoms with Gasteiger partial charge in [0.05, 0.1) is 31.7 Å². The number of rotatable bonds is 5. The molecule has 1 fully saturated rings.